The molecule has 2 aliphatic rings. The van der Waals surface area contributed by atoms with Gasteiger partial charge < -0.3 is 9.47 Å². The topological polar surface area (TPSA) is 18.5 Å². The molecule has 1 spiro atoms. The van der Waals surface area contributed by atoms with Crippen LogP contribution in [0, 0.1) is 0 Å². The van der Waals surface area contributed by atoms with Crippen LogP contribution in [0.3, 0.4) is 0 Å². The fourth-order valence-corrected chi connectivity index (χ4v) is 5.57. The van der Waals surface area contributed by atoms with Crippen molar-refractivity contribution in [3.63, 3.8) is 0 Å². The molecule has 1 heterocycles. The molecule has 4 rings (SSSR count). The molecule has 1 fully saturated rings. The third-order valence-corrected chi connectivity index (χ3v) is 7.12. The van der Waals surface area contributed by atoms with Crippen molar-refractivity contribution >= 4 is 11.8 Å². The fourth-order valence-electron chi connectivity index (χ4n) is 4.07. The third kappa shape index (κ3) is 2.09. The Morgan fingerprint density at radius 3 is 2.17 bits per heavy atom. The van der Waals surface area contributed by atoms with Gasteiger partial charge in [0.05, 0.1) is 14.2 Å². The van der Waals surface area contributed by atoms with Gasteiger partial charge in [0.1, 0.15) is 11.5 Å². The molecule has 0 saturated heterocycles. The summed E-state index contributed by atoms with van der Waals surface area (Å²) in [6.07, 6.45) is 2.55. The molecule has 1 atom stereocenters. The number of rotatable bonds is 3. The highest BCUT2D eigenvalue weighted by atomic mass is 32.2. The molecule has 0 bridgehead atoms. The van der Waals surface area contributed by atoms with E-state index < -0.39 is 0 Å². The first-order chi connectivity index (χ1) is 11.1. The van der Waals surface area contributed by atoms with E-state index in [0.717, 1.165) is 17.3 Å². The SMILES string of the molecule is COc1ccc(C2(C)CSc3cc(OC)ccc3C23CC3)cc1. The summed E-state index contributed by atoms with van der Waals surface area (Å²) >= 11 is 1.96. The monoisotopic (exact) mass is 326 g/mol. The first-order valence-corrected chi connectivity index (χ1v) is 9.07. The number of hydrogen-bond donors (Lipinski definition) is 0. The van der Waals surface area contributed by atoms with Crippen molar-refractivity contribution in [1.82, 2.24) is 0 Å². The van der Waals surface area contributed by atoms with Gasteiger partial charge in [0.25, 0.3) is 0 Å². The van der Waals surface area contributed by atoms with Crippen LogP contribution >= 0.6 is 11.8 Å². The smallest absolute Gasteiger partial charge is 0.119 e. The average Bonchev–Trinajstić information content (AvgIpc) is 3.40. The molecule has 0 radical (unpaired) electrons. The first kappa shape index (κ1) is 14.9. The van der Waals surface area contributed by atoms with Crippen LogP contribution in [0.1, 0.15) is 30.9 Å². The van der Waals surface area contributed by atoms with Crippen LogP contribution in [0.4, 0.5) is 0 Å². The van der Waals surface area contributed by atoms with Crippen molar-refractivity contribution in [3.05, 3.63) is 53.6 Å². The minimum Gasteiger partial charge on any atom is -0.497 e. The lowest BCUT2D eigenvalue weighted by molar-refractivity contribution is 0.381. The number of fused-ring (bicyclic) bond motifs is 2. The van der Waals surface area contributed by atoms with Gasteiger partial charge in [0.2, 0.25) is 0 Å². The molecule has 1 aliphatic heterocycles. The van der Waals surface area contributed by atoms with Crippen LogP contribution in [0.2, 0.25) is 0 Å². The van der Waals surface area contributed by atoms with Gasteiger partial charge >= 0.3 is 0 Å². The molecule has 0 aromatic heterocycles. The molecule has 1 aliphatic carbocycles. The summed E-state index contributed by atoms with van der Waals surface area (Å²) in [6.45, 7) is 2.43. The highest BCUT2D eigenvalue weighted by molar-refractivity contribution is 7.99. The van der Waals surface area contributed by atoms with E-state index >= 15 is 0 Å². The summed E-state index contributed by atoms with van der Waals surface area (Å²) in [6, 6.07) is 15.3. The minimum atomic E-state index is 0.172. The molecule has 1 unspecified atom stereocenters. The van der Waals surface area contributed by atoms with Gasteiger partial charge in [-0.1, -0.05) is 25.1 Å². The number of benzene rings is 2. The Morgan fingerprint density at radius 2 is 1.57 bits per heavy atom. The van der Waals surface area contributed by atoms with Crippen LogP contribution in [-0.2, 0) is 10.8 Å². The molecule has 120 valence electrons. The Kier molecular flexibility index (Phi) is 3.38. The molecule has 23 heavy (non-hydrogen) atoms. The van der Waals surface area contributed by atoms with Crippen molar-refractivity contribution in [1.29, 1.82) is 0 Å². The van der Waals surface area contributed by atoms with Crippen molar-refractivity contribution < 1.29 is 9.47 Å². The van der Waals surface area contributed by atoms with Crippen molar-refractivity contribution in [2.45, 2.75) is 35.5 Å². The minimum absolute atomic E-state index is 0.172. The third-order valence-electron chi connectivity index (χ3n) is 5.75. The molecule has 2 nitrogen and oxygen atoms in total. The fraction of sp³-hybridized carbons (Fsp3) is 0.400. The number of hydrogen-bond acceptors (Lipinski definition) is 3. The Bertz CT molecular complexity index is 734. The maximum absolute atomic E-state index is 5.40. The lowest BCUT2D eigenvalue weighted by atomic mass is 9.67. The summed E-state index contributed by atoms with van der Waals surface area (Å²) in [5, 5.41) is 0. The molecule has 0 amide bonds. The maximum atomic E-state index is 5.40. The number of methoxy groups -OCH3 is 2. The van der Waals surface area contributed by atoms with Gasteiger partial charge in [-0.25, -0.2) is 0 Å². The van der Waals surface area contributed by atoms with Crippen molar-refractivity contribution in [2.75, 3.05) is 20.0 Å². The predicted octanol–water partition coefficient (Wildman–Crippen LogP) is 4.80. The van der Waals surface area contributed by atoms with Crippen LogP contribution in [-0.4, -0.2) is 20.0 Å². The lowest BCUT2D eigenvalue weighted by Crippen LogP contribution is -2.42. The Morgan fingerprint density at radius 1 is 0.913 bits per heavy atom. The zero-order chi connectivity index (χ0) is 16.1. The van der Waals surface area contributed by atoms with Gasteiger partial charge in [0.15, 0.2) is 0 Å². The van der Waals surface area contributed by atoms with Crippen LogP contribution in [0.5, 0.6) is 11.5 Å². The Hall–Kier alpha value is -1.61. The highest BCUT2D eigenvalue weighted by Gasteiger charge is 2.60. The Balaban J connectivity index is 1.78. The van der Waals surface area contributed by atoms with Gasteiger partial charge in [-0.05, 0) is 48.2 Å². The van der Waals surface area contributed by atoms with Gasteiger partial charge in [-0.2, -0.15) is 0 Å². The standard InChI is InChI=1S/C20H22O2S/c1-19(14-4-6-15(21-2)7-5-14)13-23-18-12-16(22-3)8-9-17(18)20(19)10-11-20/h4-9,12H,10-11,13H2,1-3H3. The predicted molar refractivity (Wildman–Crippen MR) is 95.0 cm³/mol. The first-order valence-electron chi connectivity index (χ1n) is 8.09. The van der Waals surface area contributed by atoms with Gasteiger partial charge in [-0.15, -0.1) is 11.8 Å². The van der Waals surface area contributed by atoms with E-state index in [4.69, 9.17) is 9.47 Å². The summed E-state index contributed by atoms with van der Waals surface area (Å²) in [4.78, 5) is 1.40. The zero-order valence-electron chi connectivity index (χ0n) is 13.9. The van der Waals surface area contributed by atoms with E-state index in [-0.39, 0.29) is 10.8 Å². The summed E-state index contributed by atoms with van der Waals surface area (Å²) in [5.41, 5.74) is 3.39. The molecule has 1 saturated carbocycles. The van der Waals surface area contributed by atoms with E-state index in [1.54, 1.807) is 14.2 Å². The summed E-state index contributed by atoms with van der Waals surface area (Å²) < 4.78 is 10.7. The van der Waals surface area contributed by atoms with E-state index in [1.165, 1.54) is 28.9 Å². The molecular formula is C20H22O2S. The second kappa shape index (κ2) is 5.20. The van der Waals surface area contributed by atoms with Crippen molar-refractivity contribution in [2.24, 2.45) is 0 Å². The lowest BCUT2D eigenvalue weighted by Gasteiger charge is -2.44. The number of thioether (sulfide) groups is 1. The second-order valence-corrected chi connectivity index (χ2v) is 7.81. The maximum Gasteiger partial charge on any atom is 0.119 e. The molecule has 3 heteroatoms. The van der Waals surface area contributed by atoms with Gasteiger partial charge in [-0.3, -0.25) is 0 Å². The van der Waals surface area contributed by atoms with Crippen LogP contribution < -0.4 is 9.47 Å². The second-order valence-electron chi connectivity index (χ2n) is 6.79. The van der Waals surface area contributed by atoms with E-state index in [1.807, 2.05) is 11.8 Å². The quantitative estimate of drug-likeness (QED) is 0.807. The van der Waals surface area contributed by atoms with E-state index in [9.17, 15) is 0 Å². The summed E-state index contributed by atoms with van der Waals surface area (Å²) in [7, 11) is 3.46. The molecular weight excluding hydrogens is 304 g/mol. The number of ether oxygens (including phenoxy) is 2. The van der Waals surface area contributed by atoms with Crippen molar-refractivity contribution in [3.8, 4) is 11.5 Å². The average molecular weight is 326 g/mol. The highest BCUT2D eigenvalue weighted by Crippen LogP contribution is 2.66. The largest absolute Gasteiger partial charge is 0.497 e. The van der Waals surface area contributed by atoms with E-state index in [2.05, 4.69) is 49.4 Å². The normalized spacial score (nSPS) is 24.1. The Labute approximate surface area is 142 Å². The summed E-state index contributed by atoms with van der Waals surface area (Å²) in [5.74, 6) is 3.00. The van der Waals surface area contributed by atoms with Gasteiger partial charge in [0, 0.05) is 21.5 Å². The molecule has 2 aromatic carbocycles. The zero-order valence-corrected chi connectivity index (χ0v) is 14.7. The molecule has 2 aromatic rings. The van der Waals surface area contributed by atoms with E-state index in [0.29, 0.717) is 0 Å². The molecule has 0 N–H and O–H groups in total. The van der Waals surface area contributed by atoms with Crippen LogP contribution in [0.25, 0.3) is 0 Å². The van der Waals surface area contributed by atoms with Crippen LogP contribution in [0.15, 0.2) is 47.4 Å².